The molecule has 0 amide bonds. The summed E-state index contributed by atoms with van der Waals surface area (Å²) in [4.78, 5) is 13.2. The molecule has 0 saturated carbocycles. The van der Waals surface area contributed by atoms with Crippen molar-refractivity contribution in [1.82, 2.24) is 9.13 Å². The van der Waals surface area contributed by atoms with Crippen molar-refractivity contribution in [1.29, 1.82) is 0 Å². The summed E-state index contributed by atoms with van der Waals surface area (Å²) in [6, 6.07) is 5.13. The molecule has 3 aromatic carbocycles. The molecular formula is C22H7ClF10N2O. The van der Waals surface area contributed by atoms with Crippen LogP contribution in [0.5, 0.6) is 0 Å². The molecule has 0 atom stereocenters. The van der Waals surface area contributed by atoms with E-state index >= 15 is 0 Å². The van der Waals surface area contributed by atoms with Gasteiger partial charge in [0, 0.05) is 5.56 Å². The van der Waals surface area contributed by atoms with E-state index in [2.05, 4.69) is 0 Å². The molecule has 3 nitrogen and oxygen atoms in total. The van der Waals surface area contributed by atoms with Crippen molar-refractivity contribution in [2.75, 3.05) is 0 Å². The Balaban J connectivity index is 2.27. The summed E-state index contributed by atoms with van der Waals surface area (Å²) in [5, 5.41) is -1.17. The predicted octanol–water partition coefficient (Wildman–Crippen LogP) is 6.65. The van der Waals surface area contributed by atoms with Gasteiger partial charge in [-0.25, -0.2) is 53.3 Å². The highest BCUT2D eigenvalue weighted by molar-refractivity contribution is 6.32. The summed E-state index contributed by atoms with van der Waals surface area (Å²) < 4.78 is 141. The smallest absolute Gasteiger partial charge is 0.252 e. The van der Waals surface area contributed by atoms with Crippen LogP contribution >= 0.6 is 11.6 Å². The van der Waals surface area contributed by atoms with Crippen LogP contribution < -0.4 is 5.69 Å². The molecule has 36 heavy (non-hydrogen) atoms. The zero-order valence-electron chi connectivity index (χ0n) is 17.3. The second-order valence-electron chi connectivity index (χ2n) is 7.30. The Morgan fingerprint density at radius 2 is 1.00 bits per heavy atom. The van der Waals surface area contributed by atoms with Gasteiger partial charge >= 0.3 is 5.69 Å². The van der Waals surface area contributed by atoms with Gasteiger partial charge in [-0.05, 0) is 13.0 Å². The van der Waals surface area contributed by atoms with E-state index in [-0.39, 0.29) is 14.7 Å². The molecule has 0 aliphatic rings. The first kappa shape index (κ1) is 25.4. The molecule has 4 rings (SSSR count). The molecule has 0 radical (unpaired) electrons. The van der Waals surface area contributed by atoms with Gasteiger partial charge in [-0.3, -0.25) is 4.57 Å². The van der Waals surface area contributed by atoms with Gasteiger partial charge in [-0.15, -0.1) is 0 Å². The fraction of sp³-hybridized carbons (Fsp3) is 0.0455. The number of aromatic nitrogens is 2. The monoisotopic (exact) mass is 540 g/mol. The topological polar surface area (TPSA) is 26.9 Å². The third-order valence-corrected chi connectivity index (χ3v) is 5.46. The zero-order valence-corrected chi connectivity index (χ0v) is 18.0. The fourth-order valence-electron chi connectivity index (χ4n) is 3.50. The normalized spacial score (nSPS) is 11.4. The van der Waals surface area contributed by atoms with Crippen LogP contribution in [-0.2, 0) is 0 Å². The molecule has 14 heteroatoms. The second-order valence-corrected chi connectivity index (χ2v) is 7.66. The Labute approximate surface area is 198 Å². The highest BCUT2D eigenvalue weighted by Crippen LogP contribution is 2.37. The van der Waals surface area contributed by atoms with E-state index in [0.717, 1.165) is 6.07 Å². The van der Waals surface area contributed by atoms with E-state index in [4.69, 9.17) is 11.6 Å². The van der Waals surface area contributed by atoms with Crippen LogP contribution in [0.1, 0.15) is 5.56 Å². The average Bonchev–Trinajstić information content (AvgIpc) is 3.09. The number of hydrogen-bond acceptors (Lipinski definition) is 1. The Morgan fingerprint density at radius 3 is 1.42 bits per heavy atom. The summed E-state index contributed by atoms with van der Waals surface area (Å²) in [6.07, 6.45) is 0. The lowest BCUT2D eigenvalue weighted by Crippen LogP contribution is -2.27. The summed E-state index contributed by atoms with van der Waals surface area (Å²) >= 11 is 6.07. The van der Waals surface area contributed by atoms with Gasteiger partial charge in [-0.2, -0.15) is 0 Å². The number of imidazole rings is 1. The molecule has 0 aliphatic heterocycles. The summed E-state index contributed by atoms with van der Waals surface area (Å²) in [5.41, 5.74) is -6.58. The van der Waals surface area contributed by atoms with Crippen molar-refractivity contribution in [3.05, 3.63) is 104 Å². The van der Waals surface area contributed by atoms with Gasteiger partial charge in [0.15, 0.2) is 46.5 Å². The molecule has 188 valence electrons. The van der Waals surface area contributed by atoms with E-state index in [1.54, 1.807) is 0 Å². The fourth-order valence-corrected chi connectivity index (χ4v) is 3.85. The lowest BCUT2D eigenvalue weighted by atomic mass is 10.1. The Kier molecular flexibility index (Phi) is 6.15. The molecule has 4 aromatic rings. The number of benzene rings is 3. The summed E-state index contributed by atoms with van der Waals surface area (Å²) in [5.74, 6) is -25.3. The van der Waals surface area contributed by atoms with Crippen molar-refractivity contribution in [3.8, 4) is 22.6 Å². The first-order valence-corrected chi connectivity index (χ1v) is 9.82. The molecular weight excluding hydrogens is 534 g/mol. The average molecular weight is 541 g/mol. The Hall–Kier alpha value is -3.74. The van der Waals surface area contributed by atoms with Crippen LogP contribution in [0.15, 0.2) is 29.1 Å². The first-order valence-electron chi connectivity index (χ1n) is 9.45. The van der Waals surface area contributed by atoms with Gasteiger partial charge in [0.25, 0.3) is 0 Å². The molecule has 0 N–H and O–H groups in total. The maximum Gasteiger partial charge on any atom is 0.339 e. The predicted molar refractivity (Wildman–Crippen MR) is 106 cm³/mol. The number of nitrogens with zero attached hydrogens (tertiary/aromatic N) is 2. The lowest BCUT2D eigenvalue weighted by molar-refractivity contribution is 0.373. The van der Waals surface area contributed by atoms with E-state index in [1.165, 1.54) is 25.1 Å². The summed E-state index contributed by atoms with van der Waals surface area (Å²) in [6.45, 7) is 1.49. The molecule has 0 bridgehead atoms. The van der Waals surface area contributed by atoms with Crippen molar-refractivity contribution in [2.24, 2.45) is 0 Å². The molecule has 0 aliphatic carbocycles. The Morgan fingerprint density at radius 1 is 0.611 bits per heavy atom. The maximum absolute atomic E-state index is 14.7. The maximum atomic E-state index is 14.7. The van der Waals surface area contributed by atoms with E-state index < -0.39 is 86.1 Å². The SMILES string of the molecule is Cc1cccc(-c2c(Cl)n(-c3c(F)c(F)c(F)c(F)c3F)c(=O)n2-c2c(F)c(F)c(F)c(F)c2F)c1. The summed E-state index contributed by atoms with van der Waals surface area (Å²) in [7, 11) is 0. The highest BCUT2D eigenvalue weighted by Gasteiger charge is 2.35. The van der Waals surface area contributed by atoms with Gasteiger partial charge in [0.1, 0.15) is 16.5 Å². The van der Waals surface area contributed by atoms with Crippen LogP contribution in [-0.4, -0.2) is 9.13 Å². The van der Waals surface area contributed by atoms with Crippen molar-refractivity contribution in [3.63, 3.8) is 0 Å². The van der Waals surface area contributed by atoms with Crippen LogP contribution in [0.3, 0.4) is 0 Å². The first-order chi connectivity index (χ1) is 16.8. The van der Waals surface area contributed by atoms with Gasteiger partial charge < -0.3 is 0 Å². The minimum absolute atomic E-state index is 0.217. The Bertz CT molecular complexity index is 1590. The van der Waals surface area contributed by atoms with Crippen molar-refractivity contribution in [2.45, 2.75) is 6.92 Å². The second kappa shape index (κ2) is 8.73. The molecule has 0 saturated heterocycles. The number of aryl methyl sites for hydroxylation is 1. The quantitative estimate of drug-likeness (QED) is 0.162. The third kappa shape index (κ3) is 3.48. The largest absolute Gasteiger partial charge is 0.339 e. The van der Waals surface area contributed by atoms with Crippen molar-refractivity contribution >= 4 is 11.6 Å². The van der Waals surface area contributed by atoms with Gasteiger partial charge in [0.05, 0.1) is 5.69 Å². The van der Waals surface area contributed by atoms with Crippen LogP contribution in [0.25, 0.3) is 22.6 Å². The van der Waals surface area contributed by atoms with Crippen LogP contribution in [0.2, 0.25) is 5.15 Å². The third-order valence-electron chi connectivity index (χ3n) is 5.11. The minimum atomic E-state index is -2.59. The van der Waals surface area contributed by atoms with E-state index in [0.29, 0.717) is 5.56 Å². The van der Waals surface area contributed by atoms with Crippen molar-refractivity contribution < 1.29 is 43.9 Å². The highest BCUT2D eigenvalue weighted by atomic mass is 35.5. The van der Waals surface area contributed by atoms with Gasteiger partial charge in [0.2, 0.25) is 11.6 Å². The molecule has 0 unspecified atom stereocenters. The van der Waals surface area contributed by atoms with Gasteiger partial charge in [-0.1, -0.05) is 35.4 Å². The van der Waals surface area contributed by atoms with Crippen LogP contribution in [0, 0.1) is 65.1 Å². The molecule has 1 aromatic heterocycles. The molecule has 1 heterocycles. The standard InChI is InChI=1S/C22H7ClF10N2O/c1-6-3-2-4-7(5-6)18-21(23)35(20-16(32)12(28)9(25)13(29)17(20)33)22(36)34(18)19-14(30)10(26)8(24)11(27)15(19)31/h2-5H,1H3. The lowest BCUT2D eigenvalue weighted by Gasteiger charge is -2.12. The number of halogens is 11. The van der Waals surface area contributed by atoms with E-state index in [9.17, 15) is 48.7 Å². The number of hydrogen-bond donors (Lipinski definition) is 0. The molecule has 0 fully saturated rings. The van der Waals surface area contributed by atoms with Crippen LogP contribution in [0.4, 0.5) is 43.9 Å². The number of rotatable bonds is 3. The minimum Gasteiger partial charge on any atom is -0.252 e. The molecule has 0 spiro atoms. The zero-order chi connectivity index (χ0) is 26.8. The van der Waals surface area contributed by atoms with E-state index in [1.807, 2.05) is 0 Å².